The van der Waals surface area contributed by atoms with Crippen LogP contribution in [0.25, 0.3) is 0 Å². The van der Waals surface area contributed by atoms with Crippen LogP contribution < -0.4 is 5.73 Å². The summed E-state index contributed by atoms with van der Waals surface area (Å²) in [6.07, 6.45) is -0.315. The third-order valence-electron chi connectivity index (χ3n) is 2.56. The number of carbonyl (C=O) groups excluding carboxylic acids is 1. The van der Waals surface area contributed by atoms with Crippen molar-refractivity contribution in [2.75, 3.05) is 19.7 Å². The number of hydrogen-bond donors (Lipinski definition) is 1. The fourth-order valence-corrected chi connectivity index (χ4v) is 1.73. The SMILES string of the molecule is CC(C)(C)OC(=O)N1CC(C)(C)OCC1CN. The predicted octanol–water partition coefficient (Wildman–Crippen LogP) is 1.36. The molecule has 0 aromatic heterocycles. The van der Waals surface area contributed by atoms with Crippen LogP contribution in [-0.2, 0) is 9.47 Å². The summed E-state index contributed by atoms with van der Waals surface area (Å²) in [6, 6.07) is -0.0992. The second-order valence-electron chi connectivity index (χ2n) is 6.07. The number of rotatable bonds is 1. The van der Waals surface area contributed by atoms with E-state index in [1.807, 2.05) is 34.6 Å². The molecule has 1 fully saturated rings. The van der Waals surface area contributed by atoms with Crippen LogP contribution in [0, 0.1) is 0 Å². The lowest BCUT2D eigenvalue weighted by molar-refractivity contribution is -0.111. The van der Waals surface area contributed by atoms with E-state index < -0.39 is 5.60 Å². The van der Waals surface area contributed by atoms with E-state index in [2.05, 4.69) is 0 Å². The van der Waals surface area contributed by atoms with Crippen LogP contribution in [0.15, 0.2) is 0 Å². The Morgan fingerprint density at radius 1 is 1.53 bits per heavy atom. The van der Waals surface area contributed by atoms with E-state index in [0.29, 0.717) is 19.7 Å². The molecule has 2 N–H and O–H groups in total. The van der Waals surface area contributed by atoms with Gasteiger partial charge in [-0.2, -0.15) is 0 Å². The van der Waals surface area contributed by atoms with Gasteiger partial charge in [-0.05, 0) is 34.6 Å². The number of morpholine rings is 1. The van der Waals surface area contributed by atoms with Gasteiger partial charge in [-0.1, -0.05) is 0 Å². The standard InChI is InChI=1S/C12H24N2O3/c1-11(2,3)17-10(15)14-8-12(4,5)16-7-9(14)6-13/h9H,6-8,13H2,1-5H3. The highest BCUT2D eigenvalue weighted by molar-refractivity contribution is 5.69. The molecule has 1 unspecified atom stereocenters. The number of ether oxygens (including phenoxy) is 2. The average Bonchev–Trinajstić information content (AvgIpc) is 2.13. The van der Waals surface area contributed by atoms with Crippen LogP contribution in [0.1, 0.15) is 34.6 Å². The average molecular weight is 244 g/mol. The largest absolute Gasteiger partial charge is 0.444 e. The summed E-state index contributed by atoms with van der Waals surface area (Å²) in [5, 5.41) is 0. The number of amides is 1. The third-order valence-corrected chi connectivity index (χ3v) is 2.56. The summed E-state index contributed by atoms with van der Waals surface area (Å²) in [7, 11) is 0. The van der Waals surface area contributed by atoms with Gasteiger partial charge in [0.2, 0.25) is 0 Å². The zero-order valence-electron chi connectivity index (χ0n) is 11.4. The third kappa shape index (κ3) is 4.16. The first-order chi connectivity index (χ1) is 7.64. The lowest BCUT2D eigenvalue weighted by Crippen LogP contribution is -2.59. The van der Waals surface area contributed by atoms with Crippen molar-refractivity contribution in [2.24, 2.45) is 5.73 Å². The maximum Gasteiger partial charge on any atom is 0.410 e. The number of hydrogen-bond acceptors (Lipinski definition) is 4. The highest BCUT2D eigenvalue weighted by Crippen LogP contribution is 2.22. The van der Waals surface area contributed by atoms with Crippen molar-refractivity contribution in [3.63, 3.8) is 0 Å². The molecule has 0 radical (unpaired) electrons. The van der Waals surface area contributed by atoms with Crippen molar-refractivity contribution in [1.82, 2.24) is 4.90 Å². The summed E-state index contributed by atoms with van der Waals surface area (Å²) in [5.74, 6) is 0. The molecule has 1 aliphatic heterocycles. The molecule has 1 saturated heterocycles. The molecule has 0 spiro atoms. The second kappa shape index (κ2) is 4.82. The van der Waals surface area contributed by atoms with Gasteiger partial charge in [-0.15, -0.1) is 0 Å². The van der Waals surface area contributed by atoms with Crippen LogP contribution in [0.5, 0.6) is 0 Å². The van der Waals surface area contributed by atoms with Gasteiger partial charge in [0.05, 0.1) is 24.8 Å². The quantitative estimate of drug-likeness (QED) is 0.756. The fourth-order valence-electron chi connectivity index (χ4n) is 1.73. The van der Waals surface area contributed by atoms with Gasteiger partial charge in [-0.3, -0.25) is 4.90 Å². The Hall–Kier alpha value is -0.810. The summed E-state index contributed by atoms with van der Waals surface area (Å²) in [6.45, 7) is 10.8. The number of carbonyl (C=O) groups is 1. The molecule has 5 nitrogen and oxygen atoms in total. The molecule has 0 bridgehead atoms. The Morgan fingerprint density at radius 3 is 2.59 bits per heavy atom. The number of nitrogens with two attached hydrogens (primary N) is 1. The molecule has 0 saturated carbocycles. The van der Waals surface area contributed by atoms with E-state index in [1.54, 1.807) is 4.90 Å². The zero-order valence-corrected chi connectivity index (χ0v) is 11.4. The minimum Gasteiger partial charge on any atom is -0.444 e. The van der Waals surface area contributed by atoms with E-state index in [4.69, 9.17) is 15.2 Å². The Labute approximate surface area is 103 Å². The van der Waals surface area contributed by atoms with Gasteiger partial charge in [0.25, 0.3) is 0 Å². The lowest BCUT2D eigenvalue weighted by Gasteiger charge is -2.43. The van der Waals surface area contributed by atoms with E-state index in [0.717, 1.165) is 0 Å². The maximum atomic E-state index is 12.1. The van der Waals surface area contributed by atoms with E-state index >= 15 is 0 Å². The Balaban J connectivity index is 2.73. The molecule has 0 aliphatic carbocycles. The van der Waals surface area contributed by atoms with Crippen molar-refractivity contribution in [1.29, 1.82) is 0 Å². The Kier molecular flexibility index (Phi) is 4.04. The molecule has 1 rings (SSSR count). The van der Waals surface area contributed by atoms with Crippen LogP contribution in [-0.4, -0.2) is 47.9 Å². The molecule has 1 aliphatic rings. The molecular weight excluding hydrogens is 220 g/mol. The van der Waals surface area contributed by atoms with Crippen LogP contribution in [0.2, 0.25) is 0 Å². The highest BCUT2D eigenvalue weighted by atomic mass is 16.6. The molecule has 100 valence electrons. The van der Waals surface area contributed by atoms with Crippen LogP contribution >= 0.6 is 0 Å². The van der Waals surface area contributed by atoms with Gasteiger partial charge in [0.1, 0.15) is 5.60 Å². The first-order valence-electron chi connectivity index (χ1n) is 5.98. The van der Waals surface area contributed by atoms with Gasteiger partial charge in [0.15, 0.2) is 0 Å². The smallest absolute Gasteiger partial charge is 0.410 e. The molecule has 0 aromatic rings. The predicted molar refractivity (Wildman–Crippen MR) is 65.8 cm³/mol. The van der Waals surface area contributed by atoms with Crippen molar-refractivity contribution < 1.29 is 14.3 Å². The van der Waals surface area contributed by atoms with E-state index in [1.165, 1.54) is 0 Å². The zero-order chi connectivity index (χ0) is 13.3. The van der Waals surface area contributed by atoms with Gasteiger partial charge in [0, 0.05) is 6.54 Å². The fraction of sp³-hybridized carbons (Fsp3) is 0.917. The monoisotopic (exact) mass is 244 g/mol. The Morgan fingerprint density at radius 2 is 2.12 bits per heavy atom. The van der Waals surface area contributed by atoms with Crippen molar-refractivity contribution in [2.45, 2.75) is 51.9 Å². The highest BCUT2D eigenvalue weighted by Gasteiger charge is 2.37. The van der Waals surface area contributed by atoms with Gasteiger partial charge >= 0.3 is 6.09 Å². The first-order valence-corrected chi connectivity index (χ1v) is 5.98. The molecule has 0 aromatic carbocycles. The summed E-state index contributed by atoms with van der Waals surface area (Å²) in [5.41, 5.74) is 4.82. The van der Waals surface area contributed by atoms with Crippen molar-refractivity contribution in [3.8, 4) is 0 Å². The number of nitrogens with zero attached hydrogens (tertiary/aromatic N) is 1. The second-order valence-corrected chi connectivity index (χ2v) is 6.07. The normalized spacial score (nSPS) is 24.6. The molecule has 5 heteroatoms. The van der Waals surface area contributed by atoms with Gasteiger partial charge in [-0.25, -0.2) is 4.79 Å². The molecule has 1 atom stereocenters. The molecular formula is C12H24N2O3. The topological polar surface area (TPSA) is 64.8 Å². The maximum absolute atomic E-state index is 12.1. The molecule has 1 amide bonds. The Bertz CT molecular complexity index is 284. The molecule has 17 heavy (non-hydrogen) atoms. The van der Waals surface area contributed by atoms with Crippen molar-refractivity contribution in [3.05, 3.63) is 0 Å². The first kappa shape index (κ1) is 14.3. The van der Waals surface area contributed by atoms with E-state index in [9.17, 15) is 4.79 Å². The van der Waals surface area contributed by atoms with Crippen molar-refractivity contribution >= 4 is 6.09 Å². The van der Waals surface area contributed by atoms with Crippen LogP contribution in [0.4, 0.5) is 4.79 Å². The summed E-state index contributed by atoms with van der Waals surface area (Å²) >= 11 is 0. The lowest BCUT2D eigenvalue weighted by atomic mass is 10.0. The molecule has 1 heterocycles. The van der Waals surface area contributed by atoms with Crippen LogP contribution in [0.3, 0.4) is 0 Å². The minimum atomic E-state index is -0.487. The van der Waals surface area contributed by atoms with E-state index in [-0.39, 0.29) is 17.7 Å². The summed E-state index contributed by atoms with van der Waals surface area (Å²) in [4.78, 5) is 13.7. The van der Waals surface area contributed by atoms with Gasteiger partial charge < -0.3 is 15.2 Å². The minimum absolute atomic E-state index is 0.0992. The summed E-state index contributed by atoms with van der Waals surface area (Å²) < 4.78 is 11.0.